The minimum atomic E-state index is -3.73. The summed E-state index contributed by atoms with van der Waals surface area (Å²) >= 11 is 2.16. The summed E-state index contributed by atoms with van der Waals surface area (Å²) in [5.74, 6) is 0.205. The number of amides is 1. The highest BCUT2D eigenvalue weighted by atomic mass is 127. The molecular weight excluding hydrogens is 467 g/mol. The first-order valence-corrected chi connectivity index (χ1v) is 10.2. The number of furan rings is 1. The number of hydrogen-bond donors (Lipinski definition) is 2. The number of sulfonamides is 1. The lowest BCUT2D eigenvalue weighted by Crippen LogP contribution is -2.23. The number of anilines is 1. The second-order valence-electron chi connectivity index (χ2n) is 5.39. The fourth-order valence-electron chi connectivity index (χ4n) is 2.21. The van der Waals surface area contributed by atoms with Gasteiger partial charge in [-0.1, -0.05) is 6.07 Å². The lowest BCUT2D eigenvalue weighted by molar-refractivity contribution is 0.102. The normalized spacial score (nSPS) is 11.3. The van der Waals surface area contributed by atoms with Crippen molar-refractivity contribution in [2.75, 3.05) is 5.32 Å². The van der Waals surface area contributed by atoms with E-state index in [9.17, 15) is 13.2 Å². The average molecular weight is 482 g/mol. The fourth-order valence-corrected chi connectivity index (χ4v) is 3.61. The van der Waals surface area contributed by atoms with Crippen molar-refractivity contribution in [3.63, 3.8) is 0 Å². The Kier molecular flexibility index (Phi) is 5.74. The minimum absolute atomic E-state index is 0.0502. The molecule has 0 fully saturated rings. The van der Waals surface area contributed by atoms with Gasteiger partial charge >= 0.3 is 0 Å². The summed E-state index contributed by atoms with van der Waals surface area (Å²) in [6.07, 6.45) is 1.48. The summed E-state index contributed by atoms with van der Waals surface area (Å²) in [5.41, 5.74) is 0.893. The smallest absolute Gasteiger partial charge is 0.255 e. The highest BCUT2D eigenvalue weighted by Crippen LogP contribution is 2.17. The van der Waals surface area contributed by atoms with Gasteiger partial charge in [0.2, 0.25) is 10.0 Å². The molecule has 3 aromatic rings. The molecule has 8 heteroatoms. The number of nitrogens with one attached hydrogen (secondary N) is 2. The van der Waals surface area contributed by atoms with Crippen LogP contribution in [0.25, 0.3) is 0 Å². The Morgan fingerprint density at radius 1 is 1.04 bits per heavy atom. The van der Waals surface area contributed by atoms with Crippen LogP contribution < -0.4 is 10.0 Å². The van der Waals surface area contributed by atoms with Gasteiger partial charge in [0.05, 0.1) is 17.7 Å². The van der Waals surface area contributed by atoms with Crippen molar-refractivity contribution in [2.24, 2.45) is 0 Å². The number of carbonyl (C=O) groups is 1. The summed E-state index contributed by atoms with van der Waals surface area (Å²) in [6.45, 7) is 0.0502. The molecule has 0 bridgehead atoms. The predicted octanol–water partition coefficient (Wildman–Crippen LogP) is 3.62. The van der Waals surface area contributed by atoms with Gasteiger partial charge in [-0.2, -0.15) is 0 Å². The Bertz CT molecular complexity index is 1000. The molecule has 0 atom stereocenters. The molecule has 0 saturated carbocycles. The van der Waals surface area contributed by atoms with Crippen molar-refractivity contribution >= 4 is 44.2 Å². The van der Waals surface area contributed by atoms with Crippen LogP contribution in [-0.2, 0) is 16.6 Å². The van der Waals surface area contributed by atoms with Crippen LogP contribution in [0.3, 0.4) is 0 Å². The summed E-state index contributed by atoms with van der Waals surface area (Å²) in [5, 5.41) is 2.71. The second kappa shape index (κ2) is 8.02. The molecule has 0 unspecified atom stereocenters. The van der Waals surface area contributed by atoms with Gasteiger partial charge < -0.3 is 9.73 Å². The quantitative estimate of drug-likeness (QED) is 0.526. The van der Waals surface area contributed by atoms with E-state index >= 15 is 0 Å². The third-order valence-electron chi connectivity index (χ3n) is 3.53. The lowest BCUT2D eigenvalue weighted by atomic mass is 10.2. The highest BCUT2D eigenvalue weighted by Gasteiger charge is 2.15. The Labute approximate surface area is 164 Å². The van der Waals surface area contributed by atoms with E-state index in [1.165, 1.54) is 18.4 Å². The maximum absolute atomic E-state index is 12.4. The molecule has 134 valence electrons. The summed E-state index contributed by atoms with van der Waals surface area (Å²) in [4.78, 5) is 12.3. The molecule has 2 N–H and O–H groups in total. The van der Waals surface area contributed by atoms with Gasteiger partial charge in [-0.05, 0) is 77.2 Å². The fraction of sp³-hybridized carbons (Fsp3) is 0.0556. The first-order chi connectivity index (χ1) is 12.4. The van der Waals surface area contributed by atoms with Gasteiger partial charge in [-0.25, -0.2) is 13.1 Å². The molecule has 3 rings (SSSR count). The molecule has 0 aliphatic heterocycles. The van der Waals surface area contributed by atoms with E-state index in [0.29, 0.717) is 17.0 Å². The minimum Gasteiger partial charge on any atom is -0.468 e. The van der Waals surface area contributed by atoms with Crippen LogP contribution in [0.5, 0.6) is 0 Å². The first kappa shape index (κ1) is 18.6. The largest absolute Gasteiger partial charge is 0.468 e. The number of rotatable bonds is 6. The van der Waals surface area contributed by atoms with Crippen LogP contribution in [0, 0.1) is 3.57 Å². The predicted molar refractivity (Wildman–Crippen MR) is 106 cm³/mol. The first-order valence-electron chi connectivity index (χ1n) is 7.63. The molecule has 1 amide bonds. The molecule has 0 aliphatic rings. The zero-order valence-electron chi connectivity index (χ0n) is 13.5. The third-order valence-corrected chi connectivity index (χ3v) is 5.64. The van der Waals surface area contributed by atoms with Crippen molar-refractivity contribution < 1.29 is 17.6 Å². The SMILES string of the molecule is O=C(Nc1cccc(S(=O)(=O)NCc2ccco2)c1)c1ccc(I)cc1. The Hall–Kier alpha value is -2.17. The number of hydrogen-bond acceptors (Lipinski definition) is 4. The topological polar surface area (TPSA) is 88.4 Å². The summed E-state index contributed by atoms with van der Waals surface area (Å²) < 4.78 is 33.4. The van der Waals surface area contributed by atoms with Crippen LogP contribution in [0.1, 0.15) is 16.1 Å². The van der Waals surface area contributed by atoms with Gasteiger partial charge in [-0.15, -0.1) is 0 Å². The lowest BCUT2D eigenvalue weighted by Gasteiger charge is -2.09. The van der Waals surface area contributed by atoms with Crippen LogP contribution in [0.15, 0.2) is 76.2 Å². The summed E-state index contributed by atoms with van der Waals surface area (Å²) in [6, 6.07) is 16.5. The average Bonchev–Trinajstić information content (AvgIpc) is 3.14. The van der Waals surface area contributed by atoms with E-state index in [1.807, 2.05) is 12.1 Å². The molecule has 1 heterocycles. The van der Waals surface area contributed by atoms with Crippen molar-refractivity contribution in [1.82, 2.24) is 4.72 Å². The van der Waals surface area contributed by atoms with Crippen molar-refractivity contribution in [3.8, 4) is 0 Å². The molecule has 26 heavy (non-hydrogen) atoms. The van der Waals surface area contributed by atoms with E-state index in [0.717, 1.165) is 3.57 Å². The Balaban J connectivity index is 1.72. The van der Waals surface area contributed by atoms with Crippen molar-refractivity contribution in [1.29, 1.82) is 0 Å². The van der Waals surface area contributed by atoms with Gasteiger partial charge in [0.15, 0.2) is 0 Å². The molecule has 6 nitrogen and oxygen atoms in total. The maximum atomic E-state index is 12.4. The third kappa shape index (κ3) is 4.71. The van der Waals surface area contributed by atoms with E-state index in [4.69, 9.17) is 4.42 Å². The van der Waals surface area contributed by atoms with Gasteiger partial charge in [0, 0.05) is 14.8 Å². The number of carbonyl (C=O) groups excluding carboxylic acids is 1. The monoisotopic (exact) mass is 482 g/mol. The maximum Gasteiger partial charge on any atom is 0.255 e. The molecule has 0 spiro atoms. The molecule has 0 aliphatic carbocycles. The van der Waals surface area contributed by atoms with E-state index in [-0.39, 0.29) is 17.3 Å². The van der Waals surface area contributed by atoms with Crippen LogP contribution in [-0.4, -0.2) is 14.3 Å². The molecule has 2 aromatic carbocycles. The highest BCUT2D eigenvalue weighted by molar-refractivity contribution is 14.1. The van der Waals surface area contributed by atoms with Gasteiger partial charge in [-0.3, -0.25) is 4.79 Å². The van der Waals surface area contributed by atoms with Crippen molar-refractivity contribution in [3.05, 3.63) is 81.8 Å². The molecular formula is C18H15IN2O4S. The van der Waals surface area contributed by atoms with Gasteiger partial charge in [0.1, 0.15) is 5.76 Å². The molecule has 1 aromatic heterocycles. The standard InChI is InChI=1S/C18H15IN2O4S/c19-14-8-6-13(7-9-14)18(22)21-15-3-1-5-17(11-15)26(23,24)20-12-16-4-2-10-25-16/h1-11,20H,12H2,(H,21,22). The van der Waals surface area contributed by atoms with E-state index in [2.05, 4.69) is 32.6 Å². The van der Waals surface area contributed by atoms with Crippen LogP contribution >= 0.6 is 22.6 Å². The van der Waals surface area contributed by atoms with Crippen LogP contribution in [0.4, 0.5) is 5.69 Å². The van der Waals surface area contributed by atoms with Gasteiger partial charge in [0.25, 0.3) is 5.91 Å². The Morgan fingerprint density at radius 3 is 2.50 bits per heavy atom. The molecule has 0 radical (unpaired) electrons. The van der Waals surface area contributed by atoms with Crippen LogP contribution in [0.2, 0.25) is 0 Å². The zero-order chi connectivity index (χ0) is 18.6. The van der Waals surface area contributed by atoms with Crippen molar-refractivity contribution in [2.45, 2.75) is 11.4 Å². The Morgan fingerprint density at radius 2 is 1.81 bits per heavy atom. The second-order valence-corrected chi connectivity index (χ2v) is 8.41. The van der Waals surface area contributed by atoms with E-state index < -0.39 is 10.0 Å². The number of benzene rings is 2. The number of halogens is 1. The zero-order valence-corrected chi connectivity index (χ0v) is 16.5. The van der Waals surface area contributed by atoms with E-state index in [1.54, 1.807) is 36.4 Å². The summed E-state index contributed by atoms with van der Waals surface area (Å²) in [7, 11) is -3.73. The molecule has 0 saturated heterocycles.